The maximum atomic E-state index is 13.7. The van der Waals surface area contributed by atoms with Crippen LogP contribution in [0.25, 0.3) is 11.7 Å². The summed E-state index contributed by atoms with van der Waals surface area (Å²) < 4.78 is 15.3. The summed E-state index contributed by atoms with van der Waals surface area (Å²) in [5.41, 5.74) is 1.51. The third-order valence-electron chi connectivity index (χ3n) is 4.93. The fourth-order valence-corrected chi connectivity index (χ4v) is 3.37. The molecule has 0 radical (unpaired) electrons. The second-order valence-electron chi connectivity index (χ2n) is 7.16. The van der Waals surface area contributed by atoms with Crippen molar-refractivity contribution < 1.29 is 14.0 Å². The largest absolute Gasteiger partial charge is 0.351 e. The van der Waals surface area contributed by atoms with Gasteiger partial charge in [-0.25, -0.2) is 4.39 Å². The first kappa shape index (κ1) is 16.2. The summed E-state index contributed by atoms with van der Waals surface area (Å²) in [6, 6.07) is 0.357. The molecule has 2 aromatic heterocycles. The number of aromatic nitrogens is 4. The van der Waals surface area contributed by atoms with Crippen molar-refractivity contribution in [2.24, 2.45) is 0 Å². The molecule has 2 N–H and O–H groups in total. The number of carbonyl (C=O) groups is 2. The Bertz CT molecular complexity index is 981. The van der Waals surface area contributed by atoms with Gasteiger partial charge in [0.25, 0.3) is 5.91 Å². The van der Waals surface area contributed by atoms with Gasteiger partial charge in [0.1, 0.15) is 6.17 Å². The van der Waals surface area contributed by atoms with Crippen LogP contribution in [0.2, 0.25) is 0 Å². The van der Waals surface area contributed by atoms with Gasteiger partial charge in [0.05, 0.1) is 19.2 Å². The molecule has 27 heavy (non-hydrogen) atoms. The molecule has 9 nitrogen and oxygen atoms in total. The van der Waals surface area contributed by atoms with Crippen LogP contribution in [0.15, 0.2) is 11.8 Å². The number of nitrogens with one attached hydrogen (secondary N) is 2. The Labute approximate surface area is 153 Å². The molecule has 140 valence electrons. The summed E-state index contributed by atoms with van der Waals surface area (Å²) in [5, 5.41) is 9.89. The number of halogens is 1. The van der Waals surface area contributed by atoms with Crippen LogP contribution in [0, 0.1) is 0 Å². The average Bonchev–Trinajstić information content (AvgIpc) is 3.04. The summed E-state index contributed by atoms with van der Waals surface area (Å²) >= 11 is 0. The SMILES string of the molecule is O=C1C/C(=C\c2cnn3c(N4CC[C@@H](F)C4)nc(NC4CC4)nc23)C(=O)N1. The van der Waals surface area contributed by atoms with Gasteiger partial charge in [-0.2, -0.15) is 19.6 Å². The number of carbonyl (C=O) groups excluding carboxylic acids is 2. The number of imide groups is 1. The van der Waals surface area contributed by atoms with E-state index in [4.69, 9.17) is 0 Å². The smallest absolute Gasteiger partial charge is 0.254 e. The van der Waals surface area contributed by atoms with Gasteiger partial charge in [-0.05, 0) is 25.3 Å². The lowest BCUT2D eigenvalue weighted by molar-refractivity contribution is -0.124. The lowest BCUT2D eigenvalue weighted by Crippen LogP contribution is -2.25. The highest BCUT2D eigenvalue weighted by Gasteiger charge is 2.29. The second-order valence-corrected chi connectivity index (χ2v) is 7.16. The predicted molar refractivity (Wildman–Crippen MR) is 94.9 cm³/mol. The monoisotopic (exact) mass is 371 g/mol. The van der Waals surface area contributed by atoms with Gasteiger partial charge in [0.15, 0.2) is 5.65 Å². The normalized spacial score (nSPS) is 24.3. The Balaban J connectivity index is 1.59. The number of anilines is 2. The third kappa shape index (κ3) is 3.00. The fraction of sp³-hybridized carbons (Fsp3) is 0.471. The summed E-state index contributed by atoms with van der Waals surface area (Å²) in [4.78, 5) is 34.2. The second kappa shape index (κ2) is 6.00. The van der Waals surface area contributed by atoms with Crippen LogP contribution in [0.5, 0.6) is 0 Å². The van der Waals surface area contributed by atoms with Gasteiger partial charge >= 0.3 is 0 Å². The molecule has 1 aliphatic carbocycles. The van der Waals surface area contributed by atoms with E-state index in [0.29, 0.717) is 47.7 Å². The molecule has 5 rings (SSSR count). The molecule has 0 spiro atoms. The molecule has 0 aromatic carbocycles. The van der Waals surface area contributed by atoms with Crippen molar-refractivity contribution in [1.29, 1.82) is 0 Å². The Morgan fingerprint density at radius 3 is 2.78 bits per heavy atom. The van der Waals surface area contributed by atoms with E-state index in [0.717, 1.165) is 12.8 Å². The maximum absolute atomic E-state index is 13.7. The van der Waals surface area contributed by atoms with E-state index in [9.17, 15) is 14.0 Å². The van der Waals surface area contributed by atoms with E-state index in [1.165, 1.54) is 0 Å². The summed E-state index contributed by atoms with van der Waals surface area (Å²) in [6.45, 7) is 0.825. The van der Waals surface area contributed by atoms with Crippen molar-refractivity contribution in [3.8, 4) is 0 Å². The molecule has 3 aliphatic rings. The Morgan fingerprint density at radius 2 is 2.11 bits per heavy atom. The van der Waals surface area contributed by atoms with Crippen LogP contribution >= 0.6 is 0 Å². The standard InChI is InChI=1S/C17H18FN7O2/c18-11-3-4-24(8-11)17-23-16(20-12-1-2-12)22-14-10(7-19-25(14)17)5-9-6-13(26)21-15(9)27/h5,7,11-12H,1-4,6,8H2,(H,20,22)(H,21,26,27)/b9-5+/t11-/m1/s1. The molecule has 0 unspecified atom stereocenters. The third-order valence-corrected chi connectivity index (χ3v) is 4.93. The first-order valence-electron chi connectivity index (χ1n) is 9.03. The summed E-state index contributed by atoms with van der Waals surface area (Å²) in [5.74, 6) is 0.277. The van der Waals surface area contributed by atoms with Crippen molar-refractivity contribution in [1.82, 2.24) is 24.9 Å². The number of hydrogen-bond donors (Lipinski definition) is 2. The van der Waals surface area contributed by atoms with Crippen molar-refractivity contribution in [2.45, 2.75) is 37.9 Å². The minimum Gasteiger partial charge on any atom is -0.351 e. The van der Waals surface area contributed by atoms with Crippen molar-refractivity contribution in [3.63, 3.8) is 0 Å². The molecule has 2 aliphatic heterocycles. The molecular weight excluding hydrogens is 353 g/mol. The molecule has 2 aromatic rings. The molecule has 2 amide bonds. The molecule has 10 heteroatoms. The van der Waals surface area contributed by atoms with E-state index in [-0.39, 0.29) is 18.9 Å². The summed E-state index contributed by atoms with van der Waals surface area (Å²) in [7, 11) is 0. The van der Waals surface area contributed by atoms with E-state index < -0.39 is 12.1 Å². The number of alkyl halides is 1. The van der Waals surface area contributed by atoms with E-state index in [2.05, 4.69) is 25.7 Å². The van der Waals surface area contributed by atoms with Crippen LogP contribution in [-0.4, -0.2) is 56.7 Å². The van der Waals surface area contributed by atoms with Crippen molar-refractivity contribution in [2.75, 3.05) is 23.3 Å². The lowest BCUT2D eigenvalue weighted by Gasteiger charge is -2.18. The first-order valence-corrected chi connectivity index (χ1v) is 9.03. The number of hydrogen-bond acceptors (Lipinski definition) is 7. The molecule has 3 fully saturated rings. The minimum absolute atomic E-state index is 0.0386. The zero-order valence-corrected chi connectivity index (χ0v) is 14.5. The van der Waals surface area contributed by atoms with Gasteiger partial charge < -0.3 is 10.2 Å². The zero-order chi connectivity index (χ0) is 18.5. The van der Waals surface area contributed by atoms with Crippen LogP contribution in [0.4, 0.5) is 16.3 Å². The quantitative estimate of drug-likeness (QED) is 0.601. The van der Waals surface area contributed by atoms with Gasteiger partial charge in [0.2, 0.25) is 17.8 Å². The van der Waals surface area contributed by atoms with Gasteiger partial charge in [-0.15, -0.1) is 0 Å². The first-order chi connectivity index (χ1) is 13.1. The summed E-state index contributed by atoms with van der Waals surface area (Å²) in [6.07, 6.45) is 4.95. The van der Waals surface area contributed by atoms with Crippen LogP contribution in [-0.2, 0) is 9.59 Å². The predicted octanol–water partition coefficient (Wildman–Crippen LogP) is 0.677. The van der Waals surface area contributed by atoms with E-state index >= 15 is 0 Å². The Morgan fingerprint density at radius 1 is 1.26 bits per heavy atom. The molecule has 1 saturated carbocycles. The highest BCUT2D eigenvalue weighted by atomic mass is 19.1. The van der Waals surface area contributed by atoms with Crippen LogP contribution in [0.3, 0.4) is 0 Å². The Kier molecular flexibility index (Phi) is 3.59. The molecule has 2 saturated heterocycles. The van der Waals surface area contributed by atoms with Gasteiger partial charge in [-0.3, -0.25) is 14.9 Å². The molecule has 4 heterocycles. The van der Waals surface area contributed by atoms with Gasteiger partial charge in [0, 0.05) is 23.7 Å². The number of amides is 2. The average molecular weight is 371 g/mol. The lowest BCUT2D eigenvalue weighted by atomic mass is 10.1. The van der Waals surface area contributed by atoms with E-state index in [1.54, 1.807) is 16.8 Å². The highest BCUT2D eigenvalue weighted by molar-refractivity contribution is 6.15. The van der Waals surface area contributed by atoms with Crippen molar-refractivity contribution in [3.05, 3.63) is 17.3 Å². The zero-order valence-electron chi connectivity index (χ0n) is 14.5. The fourth-order valence-electron chi connectivity index (χ4n) is 3.37. The maximum Gasteiger partial charge on any atom is 0.254 e. The minimum atomic E-state index is -0.889. The molecule has 1 atom stereocenters. The highest BCUT2D eigenvalue weighted by Crippen LogP contribution is 2.28. The molecular formula is C17H18FN7O2. The number of fused-ring (bicyclic) bond motifs is 1. The number of nitrogens with zero attached hydrogens (tertiary/aromatic N) is 5. The van der Waals surface area contributed by atoms with Crippen LogP contribution < -0.4 is 15.5 Å². The van der Waals surface area contributed by atoms with Gasteiger partial charge in [-0.1, -0.05) is 0 Å². The topological polar surface area (TPSA) is 105 Å². The van der Waals surface area contributed by atoms with E-state index in [1.807, 2.05) is 4.90 Å². The van der Waals surface area contributed by atoms with Crippen LogP contribution in [0.1, 0.15) is 31.2 Å². The Hall–Kier alpha value is -3.04. The van der Waals surface area contributed by atoms with Crippen molar-refractivity contribution >= 4 is 35.4 Å². The number of rotatable bonds is 4. The molecule has 0 bridgehead atoms.